The van der Waals surface area contributed by atoms with Gasteiger partial charge >= 0.3 is 5.97 Å². The second kappa shape index (κ2) is 6.21. The van der Waals surface area contributed by atoms with Crippen molar-refractivity contribution >= 4 is 17.6 Å². The van der Waals surface area contributed by atoms with Gasteiger partial charge in [0.1, 0.15) is 0 Å². The zero-order chi connectivity index (χ0) is 13.0. The molecule has 0 spiro atoms. The van der Waals surface area contributed by atoms with Crippen LogP contribution in [0.25, 0.3) is 0 Å². The number of methoxy groups -OCH3 is 1. The summed E-state index contributed by atoms with van der Waals surface area (Å²) in [6.07, 6.45) is 3.47. The molecule has 4 heteroatoms. The fourth-order valence-corrected chi connectivity index (χ4v) is 2.60. The third kappa shape index (κ3) is 3.24. The van der Waals surface area contributed by atoms with Crippen LogP contribution in [-0.2, 0) is 16.0 Å². The minimum Gasteiger partial charge on any atom is -0.469 e. The summed E-state index contributed by atoms with van der Waals surface area (Å²) in [4.78, 5) is 11.0. The van der Waals surface area contributed by atoms with Gasteiger partial charge in [-0.3, -0.25) is 4.79 Å². The first-order valence-electron chi connectivity index (χ1n) is 6.29. The average molecular weight is 268 g/mol. The Balaban J connectivity index is 1.81. The molecule has 98 valence electrons. The molecular formula is C14H18ClNO2. The summed E-state index contributed by atoms with van der Waals surface area (Å²) in [6, 6.07) is 6.49. The highest BCUT2D eigenvalue weighted by Gasteiger charge is 2.21. The standard InChI is InChI=1S/C14H18ClNO2/c1-18-14(17)3-2-8-16-13-7-4-10-9-11(15)5-6-12(10)13/h5-6,9,13,16H,2-4,7-8H2,1H3. The monoisotopic (exact) mass is 267 g/mol. The topological polar surface area (TPSA) is 38.3 Å². The van der Waals surface area contributed by atoms with Gasteiger partial charge in [-0.15, -0.1) is 0 Å². The predicted molar refractivity (Wildman–Crippen MR) is 71.8 cm³/mol. The molecule has 1 unspecified atom stereocenters. The van der Waals surface area contributed by atoms with Crippen LogP contribution < -0.4 is 5.32 Å². The van der Waals surface area contributed by atoms with Gasteiger partial charge in [0.25, 0.3) is 0 Å². The van der Waals surface area contributed by atoms with Crippen LogP contribution in [0.4, 0.5) is 0 Å². The van der Waals surface area contributed by atoms with Crippen LogP contribution in [0.15, 0.2) is 18.2 Å². The Hall–Kier alpha value is -1.06. The maximum absolute atomic E-state index is 11.0. The van der Waals surface area contributed by atoms with Crippen LogP contribution in [0.2, 0.25) is 5.02 Å². The molecular weight excluding hydrogens is 250 g/mol. The van der Waals surface area contributed by atoms with Gasteiger partial charge in [0.15, 0.2) is 0 Å². The largest absolute Gasteiger partial charge is 0.469 e. The first kappa shape index (κ1) is 13.4. The third-order valence-electron chi connectivity index (χ3n) is 3.36. The lowest BCUT2D eigenvalue weighted by Gasteiger charge is -2.13. The summed E-state index contributed by atoms with van der Waals surface area (Å²) >= 11 is 5.98. The lowest BCUT2D eigenvalue weighted by molar-refractivity contribution is -0.140. The zero-order valence-corrected chi connectivity index (χ0v) is 11.3. The number of hydrogen-bond donors (Lipinski definition) is 1. The number of carbonyl (C=O) groups excluding carboxylic acids is 1. The van der Waals surface area contributed by atoms with Crippen molar-refractivity contribution in [2.75, 3.05) is 13.7 Å². The maximum atomic E-state index is 11.0. The highest BCUT2D eigenvalue weighted by molar-refractivity contribution is 6.30. The predicted octanol–water partition coefficient (Wildman–Crippen LogP) is 2.87. The van der Waals surface area contributed by atoms with Crippen molar-refractivity contribution in [2.45, 2.75) is 31.7 Å². The van der Waals surface area contributed by atoms with Gasteiger partial charge in [0.2, 0.25) is 0 Å². The normalized spacial score (nSPS) is 17.6. The van der Waals surface area contributed by atoms with E-state index in [0.29, 0.717) is 12.5 Å². The Morgan fingerprint density at radius 3 is 3.17 bits per heavy atom. The van der Waals surface area contributed by atoms with Crippen LogP contribution >= 0.6 is 11.6 Å². The van der Waals surface area contributed by atoms with E-state index >= 15 is 0 Å². The van der Waals surface area contributed by atoms with Crippen molar-refractivity contribution in [2.24, 2.45) is 0 Å². The lowest BCUT2D eigenvalue weighted by atomic mass is 10.1. The quantitative estimate of drug-likeness (QED) is 0.659. The molecule has 0 radical (unpaired) electrons. The number of benzene rings is 1. The lowest BCUT2D eigenvalue weighted by Crippen LogP contribution is -2.21. The molecule has 0 fully saturated rings. The highest BCUT2D eigenvalue weighted by Crippen LogP contribution is 2.32. The van der Waals surface area contributed by atoms with E-state index in [4.69, 9.17) is 11.6 Å². The number of aryl methyl sites for hydroxylation is 1. The second-order valence-electron chi connectivity index (χ2n) is 4.57. The van der Waals surface area contributed by atoms with Crippen LogP contribution in [0.5, 0.6) is 0 Å². The van der Waals surface area contributed by atoms with E-state index < -0.39 is 0 Å². The average Bonchev–Trinajstić information content (AvgIpc) is 2.76. The highest BCUT2D eigenvalue weighted by atomic mass is 35.5. The number of ether oxygens (including phenoxy) is 1. The fourth-order valence-electron chi connectivity index (χ4n) is 2.41. The molecule has 0 bridgehead atoms. The summed E-state index contributed by atoms with van der Waals surface area (Å²) in [5, 5.41) is 4.29. The Kier molecular flexibility index (Phi) is 4.61. The summed E-state index contributed by atoms with van der Waals surface area (Å²) in [6.45, 7) is 0.835. The van der Waals surface area contributed by atoms with Gasteiger partial charge in [0, 0.05) is 17.5 Å². The molecule has 1 atom stereocenters. The molecule has 1 aromatic rings. The third-order valence-corrected chi connectivity index (χ3v) is 3.59. The van der Waals surface area contributed by atoms with E-state index in [-0.39, 0.29) is 5.97 Å². The summed E-state index contributed by atoms with van der Waals surface area (Å²) in [5.41, 5.74) is 2.69. The number of hydrogen-bond acceptors (Lipinski definition) is 3. The number of fused-ring (bicyclic) bond motifs is 1. The van der Waals surface area contributed by atoms with E-state index in [1.165, 1.54) is 18.2 Å². The molecule has 2 rings (SSSR count). The van der Waals surface area contributed by atoms with E-state index in [1.807, 2.05) is 12.1 Å². The Morgan fingerprint density at radius 1 is 1.56 bits per heavy atom. The molecule has 1 aliphatic rings. The molecule has 1 N–H and O–H groups in total. The smallest absolute Gasteiger partial charge is 0.305 e. The van der Waals surface area contributed by atoms with Gasteiger partial charge in [-0.2, -0.15) is 0 Å². The summed E-state index contributed by atoms with van der Waals surface area (Å²) in [5.74, 6) is -0.143. The van der Waals surface area contributed by atoms with Crippen molar-refractivity contribution in [3.8, 4) is 0 Å². The molecule has 3 nitrogen and oxygen atoms in total. The van der Waals surface area contributed by atoms with Crippen molar-refractivity contribution in [1.82, 2.24) is 5.32 Å². The number of halogens is 1. The summed E-state index contributed by atoms with van der Waals surface area (Å²) < 4.78 is 4.61. The number of rotatable bonds is 5. The van der Waals surface area contributed by atoms with Gasteiger partial charge in [-0.25, -0.2) is 0 Å². The van der Waals surface area contributed by atoms with E-state index in [9.17, 15) is 4.79 Å². The van der Waals surface area contributed by atoms with Crippen LogP contribution in [0, 0.1) is 0 Å². The Labute approximate surface area is 112 Å². The van der Waals surface area contributed by atoms with Crippen molar-refractivity contribution < 1.29 is 9.53 Å². The Bertz CT molecular complexity index is 434. The summed E-state index contributed by atoms with van der Waals surface area (Å²) in [7, 11) is 1.42. The zero-order valence-electron chi connectivity index (χ0n) is 10.5. The first-order valence-corrected chi connectivity index (χ1v) is 6.67. The van der Waals surface area contributed by atoms with Crippen LogP contribution in [0.3, 0.4) is 0 Å². The Morgan fingerprint density at radius 2 is 2.39 bits per heavy atom. The number of esters is 1. The van der Waals surface area contributed by atoms with E-state index in [2.05, 4.69) is 16.1 Å². The van der Waals surface area contributed by atoms with Crippen LogP contribution in [-0.4, -0.2) is 19.6 Å². The fraction of sp³-hybridized carbons (Fsp3) is 0.500. The maximum Gasteiger partial charge on any atom is 0.305 e. The minimum atomic E-state index is -0.143. The van der Waals surface area contributed by atoms with Gasteiger partial charge in [0.05, 0.1) is 7.11 Å². The number of nitrogens with one attached hydrogen (secondary N) is 1. The molecule has 0 aliphatic heterocycles. The molecule has 0 heterocycles. The van der Waals surface area contributed by atoms with E-state index in [0.717, 1.165) is 30.8 Å². The van der Waals surface area contributed by atoms with Gasteiger partial charge in [-0.1, -0.05) is 17.7 Å². The SMILES string of the molecule is COC(=O)CCCNC1CCc2cc(Cl)ccc21. The van der Waals surface area contributed by atoms with Gasteiger partial charge < -0.3 is 10.1 Å². The molecule has 1 aromatic carbocycles. The second-order valence-corrected chi connectivity index (χ2v) is 5.00. The van der Waals surface area contributed by atoms with E-state index in [1.54, 1.807) is 0 Å². The van der Waals surface area contributed by atoms with Crippen molar-refractivity contribution in [1.29, 1.82) is 0 Å². The minimum absolute atomic E-state index is 0.143. The molecule has 0 amide bonds. The van der Waals surface area contributed by atoms with Crippen LogP contribution in [0.1, 0.15) is 36.4 Å². The molecule has 0 aromatic heterocycles. The molecule has 0 saturated heterocycles. The molecule has 0 saturated carbocycles. The van der Waals surface area contributed by atoms with Crippen molar-refractivity contribution in [3.05, 3.63) is 34.3 Å². The molecule has 18 heavy (non-hydrogen) atoms. The number of carbonyl (C=O) groups is 1. The first-order chi connectivity index (χ1) is 8.70. The van der Waals surface area contributed by atoms with Gasteiger partial charge in [-0.05, 0) is 49.1 Å². The molecule has 1 aliphatic carbocycles. The van der Waals surface area contributed by atoms with Crippen molar-refractivity contribution in [3.63, 3.8) is 0 Å².